The zero-order chi connectivity index (χ0) is 12.6. The number of H-pyrrole nitrogens is 1. The minimum absolute atomic E-state index is 0.0166. The van der Waals surface area contributed by atoms with E-state index in [1.165, 1.54) is 0 Å². The molecule has 2 atom stereocenters. The van der Waals surface area contributed by atoms with E-state index >= 15 is 0 Å². The Hall–Kier alpha value is -1.36. The Bertz CT molecular complexity index is 440. The Kier molecular flexibility index (Phi) is 2.95. The molecule has 4 N–H and O–H groups in total. The second-order valence-corrected chi connectivity index (χ2v) is 5.19. The number of amides is 1. The zero-order valence-corrected chi connectivity index (χ0v) is 10.6. The smallest absolute Gasteiger partial charge is 0.233 e. The van der Waals surface area contributed by atoms with Gasteiger partial charge in [-0.3, -0.25) is 9.89 Å². The van der Waals surface area contributed by atoms with Crippen LogP contribution in [0.3, 0.4) is 0 Å². The fourth-order valence-corrected chi connectivity index (χ4v) is 2.33. The number of rotatable bonds is 2. The molecule has 1 aliphatic carbocycles. The van der Waals surface area contributed by atoms with Gasteiger partial charge in [0.15, 0.2) is 5.82 Å². The van der Waals surface area contributed by atoms with Gasteiger partial charge in [0.1, 0.15) is 0 Å². The molecular weight excluding hydrogens is 216 g/mol. The Balaban J connectivity index is 2.14. The third-order valence-corrected chi connectivity index (χ3v) is 4.03. The first-order chi connectivity index (χ1) is 7.95. The van der Waals surface area contributed by atoms with Crippen LogP contribution >= 0.6 is 0 Å². The van der Waals surface area contributed by atoms with Crippen molar-refractivity contribution >= 4 is 11.7 Å². The average molecular weight is 236 g/mol. The molecule has 94 valence electrons. The highest BCUT2D eigenvalue weighted by molar-refractivity contribution is 5.95. The lowest BCUT2D eigenvalue weighted by atomic mass is 9.84. The van der Waals surface area contributed by atoms with E-state index in [1.54, 1.807) is 0 Å². The lowest BCUT2D eigenvalue weighted by Gasteiger charge is -2.27. The Labute approximate surface area is 101 Å². The lowest BCUT2D eigenvalue weighted by molar-refractivity contribution is -0.125. The standard InChI is InChI=1S/C12H20N4O/c1-7-8(2)15-16-10(7)14-11(17)12(3)6-4-5-9(12)13/h9H,4-6,13H2,1-3H3,(H2,14,15,16,17). The van der Waals surface area contributed by atoms with Crippen LogP contribution < -0.4 is 11.1 Å². The number of carbonyl (C=O) groups excluding carboxylic acids is 1. The number of carbonyl (C=O) groups is 1. The van der Waals surface area contributed by atoms with Crippen molar-refractivity contribution < 1.29 is 4.79 Å². The van der Waals surface area contributed by atoms with E-state index < -0.39 is 5.41 Å². The number of aryl methyl sites for hydroxylation is 1. The van der Waals surface area contributed by atoms with Crippen molar-refractivity contribution in [3.05, 3.63) is 11.3 Å². The van der Waals surface area contributed by atoms with Gasteiger partial charge in [0.25, 0.3) is 0 Å². The fourth-order valence-electron chi connectivity index (χ4n) is 2.33. The summed E-state index contributed by atoms with van der Waals surface area (Å²) in [6.45, 7) is 5.81. The molecule has 0 bridgehead atoms. The first-order valence-corrected chi connectivity index (χ1v) is 6.04. The molecule has 0 radical (unpaired) electrons. The third kappa shape index (κ3) is 1.95. The van der Waals surface area contributed by atoms with Gasteiger partial charge in [-0.05, 0) is 33.6 Å². The summed E-state index contributed by atoms with van der Waals surface area (Å²) < 4.78 is 0. The Morgan fingerprint density at radius 2 is 2.29 bits per heavy atom. The van der Waals surface area contributed by atoms with Crippen LogP contribution in [0.2, 0.25) is 0 Å². The highest BCUT2D eigenvalue weighted by Gasteiger charge is 2.43. The van der Waals surface area contributed by atoms with Gasteiger partial charge in [0.2, 0.25) is 5.91 Å². The summed E-state index contributed by atoms with van der Waals surface area (Å²) in [7, 11) is 0. The minimum atomic E-state index is -0.459. The summed E-state index contributed by atoms with van der Waals surface area (Å²) in [6.07, 6.45) is 2.79. The number of anilines is 1. The quantitative estimate of drug-likeness (QED) is 0.727. The van der Waals surface area contributed by atoms with Crippen molar-refractivity contribution in [2.75, 3.05) is 5.32 Å². The van der Waals surface area contributed by atoms with E-state index in [-0.39, 0.29) is 11.9 Å². The zero-order valence-electron chi connectivity index (χ0n) is 10.6. The maximum absolute atomic E-state index is 12.3. The molecule has 5 nitrogen and oxygen atoms in total. The second-order valence-electron chi connectivity index (χ2n) is 5.19. The van der Waals surface area contributed by atoms with Gasteiger partial charge in [-0.1, -0.05) is 6.42 Å². The predicted molar refractivity (Wildman–Crippen MR) is 66.6 cm³/mol. The molecule has 1 fully saturated rings. The van der Waals surface area contributed by atoms with Gasteiger partial charge >= 0.3 is 0 Å². The molecule has 5 heteroatoms. The Morgan fingerprint density at radius 3 is 2.76 bits per heavy atom. The van der Waals surface area contributed by atoms with Crippen LogP contribution in [0.1, 0.15) is 37.4 Å². The molecule has 17 heavy (non-hydrogen) atoms. The highest BCUT2D eigenvalue weighted by atomic mass is 16.2. The third-order valence-electron chi connectivity index (χ3n) is 4.03. The summed E-state index contributed by atoms with van der Waals surface area (Å²) >= 11 is 0. The van der Waals surface area contributed by atoms with Gasteiger partial charge in [0.05, 0.1) is 5.41 Å². The molecule has 2 unspecified atom stereocenters. The van der Waals surface area contributed by atoms with Gasteiger partial charge in [-0.15, -0.1) is 0 Å². The van der Waals surface area contributed by atoms with Crippen molar-refractivity contribution in [2.45, 2.75) is 46.1 Å². The summed E-state index contributed by atoms with van der Waals surface area (Å²) in [4.78, 5) is 12.3. The van der Waals surface area contributed by atoms with Crippen molar-refractivity contribution in [3.63, 3.8) is 0 Å². The van der Waals surface area contributed by atoms with E-state index in [1.807, 2.05) is 20.8 Å². The molecule has 1 amide bonds. The van der Waals surface area contributed by atoms with Crippen LogP contribution in [-0.2, 0) is 4.79 Å². The van der Waals surface area contributed by atoms with E-state index in [4.69, 9.17) is 5.73 Å². The first-order valence-electron chi connectivity index (χ1n) is 6.04. The number of aromatic amines is 1. The van der Waals surface area contributed by atoms with Crippen molar-refractivity contribution in [1.82, 2.24) is 10.2 Å². The Morgan fingerprint density at radius 1 is 1.59 bits per heavy atom. The summed E-state index contributed by atoms with van der Waals surface area (Å²) in [6, 6.07) is -0.0529. The van der Waals surface area contributed by atoms with Gasteiger partial charge < -0.3 is 11.1 Å². The monoisotopic (exact) mass is 236 g/mol. The summed E-state index contributed by atoms with van der Waals surface area (Å²) in [5, 5.41) is 9.83. The number of nitrogens with zero attached hydrogens (tertiary/aromatic N) is 1. The normalized spacial score (nSPS) is 28.4. The van der Waals surface area contributed by atoms with E-state index in [0.29, 0.717) is 5.82 Å². The van der Waals surface area contributed by atoms with Crippen LogP contribution in [-0.4, -0.2) is 22.1 Å². The van der Waals surface area contributed by atoms with Gasteiger partial charge in [-0.2, -0.15) is 5.10 Å². The van der Waals surface area contributed by atoms with Crippen molar-refractivity contribution in [3.8, 4) is 0 Å². The number of hydrogen-bond donors (Lipinski definition) is 3. The van der Waals surface area contributed by atoms with Crippen LogP contribution in [0, 0.1) is 19.3 Å². The van der Waals surface area contributed by atoms with Crippen LogP contribution in [0.5, 0.6) is 0 Å². The molecule has 0 spiro atoms. The van der Waals surface area contributed by atoms with E-state index in [2.05, 4.69) is 15.5 Å². The van der Waals surface area contributed by atoms with Gasteiger partial charge in [-0.25, -0.2) is 0 Å². The summed E-state index contributed by atoms with van der Waals surface area (Å²) in [5.41, 5.74) is 7.52. The molecule has 1 heterocycles. The first kappa shape index (κ1) is 12.1. The maximum Gasteiger partial charge on any atom is 0.233 e. The molecule has 1 aromatic heterocycles. The molecule has 0 aromatic carbocycles. The molecule has 0 aliphatic heterocycles. The van der Waals surface area contributed by atoms with E-state index in [0.717, 1.165) is 30.5 Å². The van der Waals surface area contributed by atoms with Crippen molar-refractivity contribution in [1.29, 1.82) is 0 Å². The largest absolute Gasteiger partial charge is 0.327 e. The van der Waals surface area contributed by atoms with E-state index in [9.17, 15) is 4.79 Å². The molecule has 2 rings (SSSR count). The topological polar surface area (TPSA) is 83.8 Å². The van der Waals surface area contributed by atoms with Crippen LogP contribution in [0.25, 0.3) is 0 Å². The summed E-state index contributed by atoms with van der Waals surface area (Å²) in [5.74, 6) is 0.602. The molecular formula is C12H20N4O. The highest BCUT2D eigenvalue weighted by Crippen LogP contribution is 2.37. The predicted octanol–water partition coefficient (Wildman–Crippen LogP) is 1.48. The number of aromatic nitrogens is 2. The second kappa shape index (κ2) is 4.14. The fraction of sp³-hybridized carbons (Fsp3) is 0.667. The molecule has 1 saturated carbocycles. The van der Waals surface area contributed by atoms with Crippen LogP contribution in [0.4, 0.5) is 5.82 Å². The number of nitrogens with one attached hydrogen (secondary N) is 2. The van der Waals surface area contributed by atoms with Crippen LogP contribution in [0.15, 0.2) is 0 Å². The van der Waals surface area contributed by atoms with Crippen molar-refractivity contribution in [2.24, 2.45) is 11.1 Å². The SMILES string of the molecule is Cc1[nH]nc(NC(=O)C2(C)CCCC2N)c1C. The molecule has 1 aliphatic rings. The number of hydrogen-bond acceptors (Lipinski definition) is 3. The minimum Gasteiger partial charge on any atom is -0.327 e. The lowest BCUT2D eigenvalue weighted by Crippen LogP contribution is -2.44. The maximum atomic E-state index is 12.3. The molecule has 0 saturated heterocycles. The average Bonchev–Trinajstić information content (AvgIpc) is 2.78. The number of nitrogens with two attached hydrogens (primary N) is 1. The van der Waals surface area contributed by atoms with Gasteiger partial charge in [0, 0.05) is 17.3 Å². The molecule has 1 aromatic rings.